The molecule has 1 N–H and O–H groups in total. The van der Waals surface area contributed by atoms with Gasteiger partial charge in [0.2, 0.25) is 0 Å². The quantitative estimate of drug-likeness (QED) is 0.585. The van der Waals surface area contributed by atoms with Crippen molar-refractivity contribution in [3.05, 3.63) is 0 Å². The highest BCUT2D eigenvalue weighted by Crippen LogP contribution is 2.21. The van der Waals surface area contributed by atoms with E-state index in [1.807, 2.05) is 32.7 Å². The van der Waals surface area contributed by atoms with E-state index in [9.17, 15) is 4.79 Å². The molecule has 2 saturated heterocycles. The fraction of sp³-hybridized carbons (Fsp3) is 0.900. The molecule has 2 fully saturated rings. The van der Waals surface area contributed by atoms with Crippen LogP contribution in [0, 0.1) is 11.8 Å². The maximum Gasteiger partial charge on any atom is 0.410 e. The molecule has 0 radical (unpaired) electrons. The summed E-state index contributed by atoms with van der Waals surface area (Å²) in [5.41, 5.74) is -0.437. The van der Waals surface area contributed by atoms with Gasteiger partial charge in [0.25, 0.3) is 0 Å². The van der Waals surface area contributed by atoms with E-state index in [2.05, 4.69) is 22.3 Å². The smallest absolute Gasteiger partial charge is 0.410 e. The molecule has 7 heteroatoms. The Balaban J connectivity index is 1.72. The van der Waals surface area contributed by atoms with Crippen molar-refractivity contribution < 1.29 is 14.3 Å². The number of ether oxygens (including phenoxy) is 2. The van der Waals surface area contributed by atoms with Crippen LogP contribution in [0.2, 0.25) is 0 Å². The zero-order chi connectivity index (χ0) is 19.9. The van der Waals surface area contributed by atoms with Crippen LogP contribution < -0.4 is 5.32 Å². The van der Waals surface area contributed by atoms with Crippen LogP contribution >= 0.6 is 0 Å². The molecular formula is C20H38N4O3. The number of carbonyl (C=O) groups is 1. The van der Waals surface area contributed by atoms with E-state index in [0.717, 1.165) is 71.0 Å². The van der Waals surface area contributed by atoms with Gasteiger partial charge >= 0.3 is 6.09 Å². The number of piperidine rings is 1. The summed E-state index contributed by atoms with van der Waals surface area (Å²) >= 11 is 0. The first-order valence-corrected chi connectivity index (χ1v) is 10.3. The SMILES string of the molecule is CN=C(NCCC1CCCN(C(=O)OC(C)(C)C)C1)N(C)CC1CCOC1. The predicted molar refractivity (Wildman–Crippen MR) is 108 cm³/mol. The Kier molecular flexibility index (Phi) is 8.20. The topological polar surface area (TPSA) is 66.4 Å². The van der Waals surface area contributed by atoms with Crippen LogP contribution in [0.1, 0.15) is 46.5 Å². The number of hydrogen-bond acceptors (Lipinski definition) is 4. The van der Waals surface area contributed by atoms with E-state index < -0.39 is 5.60 Å². The van der Waals surface area contributed by atoms with Crippen molar-refractivity contribution in [1.29, 1.82) is 0 Å². The molecular weight excluding hydrogens is 344 g/mol. The first-order valence-electron chi connectivity index (χ1n) is 10.3. The second-order valence-corrected chi connectivity index (χ2v) is 8.81. The summed E-state index contributed by atoms with van der Waals surface area (Å²) in [5.74, 6) is 2.03. The number of carbonyl (C=O) groups excluding carboxylic acids is 1. The number of guanidine groups is 1. The first kappa shape index (κ1) is 21.8. The van der Waals surface area contributed by atoms with Crippen molar-refractivity contribution in [2.24, 2.45) is 16.8 Å². The number of aliphatic imine (C=N–C) groups is 1. The van der Waals surface area contributed by atoms with E-state index in [-0.39, 0.29) is 6.09 Å². The molecule has 2 rings (SSSR count). The van der Waals surface area contributed by atoms with E-state index in [1.54, 1.807) is 0 Å². The van der Waals surface area contributed by atoms with Crippen LogP contribution in [0.25, 0.3) is 0 Å². The van der Waals surface area contributed by atoms with Crippen molar-refractivity contribution in [1.82, 2.24) is 15.1 Å². The number of rotatable bonds is 5. The molecule has 7 nitrogen and oxygen atoms in total. The number of nitrogens with one attached hydrogen (secondary N) is 1. The molecule has 1 amide bonds. The van der Waals surface area contributed by atoms with Crippen LogP contribution in [0.4, 0.5) is 4.79 Å². The fourth-order valence-corrected chi connectivity index (χ4v) is 3.77. The van der Waals surface area contributed by atoms with Gasteiger partial charge in [-0.05, 0) is 52.4 Å². The molecule has 2 aliphatic rings. The molecule has 156 valence electrons. The second kappa shape index (κ2) is 10.2. The minimum atomic E-state index is -0.437. The van der Waals surface area contributed by atoms with Gasteiger partial charge in [-0.2, -0.15) is 0 Å². The Morgan fingerprint density at radius 3 is 2.74 bits per heavy atom. The minimum absolute atomic E-state index is 0.186. The first-order chi connectivity index (χ1) is 12.8. The lowest BCUT2D eigenvalue weighted by Crippen LogP contribution is -2.44. The van der Waals surface area contributed by atoms with E-state index in [1.165, 1.54) is 0 Å². The summed E-state index contributed by atoms with van der Waals surface area (Å²) in [7, 11) is 3.91. The van der Waals surface area contributed by atoms with Crippen LogP contribution in [-0.2, 0) is 9.47 Å². The van der Waals surface area contributed by atoms with Crippen LogP contribution in [0.3, 0.4) is 0 Å². The largest absolute Gasteiger partial charge is 0.444 e. The molecule has 2 atom stereocenters. The van der Waals surface area contributed by atoms with Crippen molar-refractivity contribution in [3.63, 3.8) is 0 Å². The zero-order valence-corrected chi connectivity index (χ0v) is 17.8. The zero-order valence-electron chi connectivity index (χ0n) is 17.8. The van der Waals surface area contributed by atoms with Crippen LogP contribution in [0.5, 0.6) is 0 Å². The molecule has 0 aromatic rings. The third-order valence-electron chi connectivity index (χ3n) is 5.14. The number of hydrogen-bond donors (Lipinski definition) is 1. The fourth-order valence-electron chi connectivity index (χ4n) is 3.77. The third kappa shape index (κ3) is 7.56. The molecule has 2 heterocycles. The summed E-state index contributed by atoms with van der Waals surface area (Å²) in [6.45, 7) is 10.9. The Morgan fingerprint density at radius 1 is 1.33 bits per heavy atom. The van der Waals surface area contributed by atoms with Gasteiger partial charge in [-0.1, -0.05) is 0 Å². The molecule has 0 aromatic carbocycles. The summed E-state index contributed by atoms with van der Waals surface area (Å²) in [5, 5.41) is 3.47. The highest BCUT2D eigenvalue weighted by Gasteiger charge is 2.27. The number of likely N-dealkylation sites (tertiary alicyclic amines) is 1. The van der Waals surface area contributed by atoms with Crippen molar-refractivity contribution in [3.8, 4) is 0 Å². The molecule has 0 spiro atoms. The summed E-state index contributed by atoms with van der Waals surface area (Å²) in [6, 6.07) is 0. The van der Waals surface area contributed by atoms with E-state index in [4.69, 9.17) is 9.47 Å². The third-order valence-corrected chi connectivity index (χ3v) is 5.14. The lowest BCUT2D eigenvalue weighted by Gasteiger charge is -2.34. The van der Waals surface area contributed by atoms with Crippen LogP contribution in [-0.4, -0.2) is 80.9 Å². The average molecular weight is 383 g/mol. The maximum absolute atomic E-state index is 12.3. The van der Waals surface area contributed by atoms with Gasteiger partial charge in [0, 0.05) is 52.8 Å². The average Bonchev–Trinajstić information content (AvgIpc) is 3.10. The van der Waals surface area contributed by atoms with Gasteiger partial charge in [0.1, 0.15) is 5.60 Å². The molecule has 0 aliphatic carbocycles. The Bertz CT molecular complexity index is 498. The van der Waals surface area contributed by atoms with Crippen molar-refractivity contribution >= 4 is 12.1 Å². The van der Waals surface area contributed by atoms with Crippen LogP contribution in [0.15, 0.2) is 4.99 Å². The second-order valence-electron chi connectivity index (χ2n) is 8.81. The van der Waals surface area contributed by atoms with Gasteiger partial charge in [-0.15, -0.1) is 0 Å². The lowest BCUT2D eigenvalue weighted by molar-refractivity contribution is 0.0162. The van der Waals surface area contributed by atoms with Crippen molar-refractivity contribution in [2.45, 2.75) is 52.1 Å². The maximum atomic E-state index is 12.3. The standard InChI is InChI=1S/C20H38N4O3/c1-20(2,3)27-19(25)24-11-6-7-16(14-24)8-10-22-18(21-4)23(5)13-17-9-12-26-15-17/h16-17H,6-15H2,1-5H3,(H,21,22). The highest BCUT2D eigenvalue weighted by molar-refractivity contribution is 5.79. The Hall–Kier alpha value is -1.50. The van der Waals surface area contributed by atoms with Gasteiger partial charge in [-0.25, -0.2) is 4.79 Å². The van der Waals surface area contributed by atoms with Crippen molar-refractivity contribution in [2.75, 3.05) is 53.5 Å². The summed E-state index contributed by atoms with van der Waals surface area (Å²) in [4.78, 5) is 20.7. The summed E-state index contributed by atoms with van der Waals surface area (Å²) < 4.78 is 11.0. The Morgan fingerprint density at radius 2 is 2.11 bits per heavy atom. The normalized spacial score (nSPS) is 24.0. The monoisotopic (exact) mass is 382 g/mol. The highest BCUT2D eigenvalue weighted by atomic mass is 16.6. The minimum Gasteiger partial charge on any atom is -0.444 e. The molecule has 0 bridgehead atoms. The van der Waals surface area contributed by atoms with E-state index in [0.29, 0.717) is 11.8 Å². The van der Waals surface area contributed by atoms with Gasteiger partial charge in [0.15, 0.2) is 5.96 Å². The molecule has 27 heavy (non-hydrogen) atoms. The Labute approximate surface area is 164 Å². The lowest BCUT2D eigenvalue weighted by atomic mass is 9.95. The van der Waals surface area contributed by atoms with Gasteiger partial charge < -0.3 is 24.6 Å². The molecule has 0 aromatic heterocycles. The summed E-state index contributed by atoms with van der Waals surface area (Å²) in [6.07, 6.45) is 4.17. The number of amides is 1. The van der Waals surface area contributed by atoms with E-state index >= 15 is 0 Å². The predicted octanol–water partition coefficient (Wildman–Crippen LogP) is 2.57. The van der Waals surface area contributed by atoms with Gasteiger partial charge in [-0.3, -0.25) is 4.99 Å². The molecule has 2 aliphatic heterocycles. The molecule has 2 unspecified atom stereocenters. The van der Waals surface area contributed by atoms with Gasteiger partial charge in [0.05, 0.1) is 6.61 Å². The number of nitrogens with zero attached hydrogens (tertiary/aromatic N) is 3. The molecule has 0 saturated carbocycles.